The maximum Gasteiger partial charge on any atom is 0.321 e. The number of nitrogens with one attached hydrogen (secondary N) is 1. The molecule has 0 aromatic rings. The molecule has 1 fully saturated rings. The number of hydrogen-bond acceptors (Lipinski definition) is 5. The molecular formula is C8H13NO4S2. The van der Waals surface area contributed by atoms with Crippen LogP contribution in [0.1, 0.15) is 6.92 Å². The number of thioether (sulfide) groups is 1. The first-order valence-electron chi connectivity index (χ1n) is 4.45. The summed E-state index contributed by atoms with van der Waals surface area (Å²) in [7, 11) is 0. The number of carboxylic acids is 2. The second-order valence-corrected chi connectivity index (χ2v) is 5.18. The zero-order valence-corrected chi connectivity index (χ0v) is 9.79. The Hall–Kier alpha value is -0.400. The van der Waals surface area contributed by atoms with Crippen molar-refractivity contribution in [2.45, 2.75) is 23.6 Å². The van der Waals surface area contributed by atoms with Crippen molar-refractivity contribution in [3.8, 4) is 0 Å². The van der Waals surface area contributed by atoms with Crippen molar-refractivity contribution >= 4 is 36.3 Å². The number of carbonyl (C=O) groups is 2. The predicted molar refractivity (Wildman–Crippen MR) is 60.4 cm³/mol. The molecule has 0 spiro atoms. The van der Waals surface area contributed by atoms with E-state index in [1.54, 1.807) is 6.92 Å². The molecule has 4 unspecified atom stereocenters. The minimum Gasteiger partial charge on any atom is -0.480 e. The zero-order valence-electron chi connectivity index (χ0n) is 8.08. The van der Waals surface area contributed by atoms with Crippen LogP contribution in [0, 0.1) is 5.92 Å². The molecular weight excluding hydrogens is 238 g/mol. The van der Waals surface area contributed by atoms with Gasteiger partial charge >= 0.3 is 11.9 Å². The Kier molecular flexibility index (Phi) is 4.30. The fourth-order valence-electron chi connectivity index (χ4n) is 1.33. The van der Waals surface area contributed by atoms with Crippen LogP contribution in [0.25, 0.3) is 0 Å². The average molecular weight is 251 g/mol. The Morgan fingerprint density at radius 3 is 2.53 bits per heavy atom. The largest absolute Gasteiger partial charge is 0.480 e. The average Bonchev–Trinajstić information content (AvgIpc) is 2.64. The fourth-order valence-corrected chi connectivity index (χ4v) is 2.98. The van der Waals surface area contributed by atoms with E-state index in [0.717, 1.165) is 0 Å². The van der Waals surface area contributed by atoms with E-state index in [1.165, 1.54) is 11.8 Å². The van der Waals surface area contributed by atoms with Gasteiger partial charge in [0.1, 0.15) is 11.3 Å². The summed E-state index contributed by atoms with van der Waals surface area (Å²) in [5.41, 5.74) is 0. The van der Waals surface area contributed by atoms with Gasteiger partial charge in [-0.15, -0.1) is 11.8 Å². The standard InChI is InChI=1S/C8H13NO4S2/c1-3(5(14)8(12)13)6-9-4(2-15-6)7(10)11/h3-6,9,14H,2H2,1H3,(H,10,11)(H,12,13). The number of carboxylic acid groups (broad SMARTS) is 2. The van der Waals surface area contributed by atoms with Gasteiger partial charge in [0.25, 0.3) is 0 Å². The molecule has 0 bridgehead atoms. The van der Waals surface area contributed by atoms with Crippen molar-refractivity contribution in [2.75, 3.05) is 5.75 Å². The smallest absolute Gasteiger partial charge is 0.321 e. The topological polar surface area (TPSA) is 86.6 Å². The molecule has 0 aromatic heterocycles. The summed E-state index contributed by atoms with van der Waals surface area (Å²) in [6, 6.07) is -0.586. The van der Waals surface area contributed by atoms with Crippen molar-refractivity contribution in [1.82, 2.24) is 5.32 Å². The molecule has 86 valence electrons. The van der Waals surface area contributed by atoms with Crippen LogP contribution in [-0.2, 0) is 9.59 Å². The van der Waals surface area contributed by atoms with Gasteiger partial charge in [0.15, 0.2) is 0 Å². The van der Waals surface area contributed by atoms with Crippen molar-refractivity contribution in [3.05, 3.63) is 0 Å². The van der Waals surface area contributed by atoms with Gasteiger partial charge in [0, 0.05) is 11.7 Å². The quantitative estimate of drug-likeness (QED) is 0.531. The summed E-state index contributed by atoms with van der Waals surface area (Å²) >= 11 is 5.40. The van der Waals surface area contributed by atoms with Crippen LogP contribution in [0.3, 0.4) is 0 Å². The molecule has 1 aliphatic heterocycles. The Balaban J connectivity index is 2.53. The van der Waals surface area contributed by atoms with Crippen LogP contribution in [0.2, 0.25) is 0 Å². The lowest BCUT2D eigenvalue weighted by Gasteiger charge is -2.22. The fraction of sp³-hybridized carbons (Fsp3) is 0.750. The van der Waals surface area contributed by atoms with Crippen molar-refractivity contribution < 1.29 is 19.8 Å². The van der Waals surface area contributed by atoms with E-state index >= 15 is 0 Å². The molecule has 15 heavy (non-hydrogen) atoms. The molecule has 0 aliphatic carbocycles. The summed E-state index contributed by atoms with van der Waals surface area (Å²) < 4.78 is 0. The van der Waals surface area contributed by atoms with Crippen molar-refractivity contribution in [1.29, 1.82) is 0 Å². The highest BCUT2D eigenvalue weighted by molar-refractivity contribution is 8.00. The normalized spacial score (nSPS) is 29.7. The molecule has 1 saturated heterocycles. The van der Waals surface area contributed by atoms with Gasteiger partial charge in [0.05, 0.1) is 5.37 Å². The molecule has 0 amide bonds. The first-order valence-corrected chi connectivity index (χ1v) is 6.01. The molecule has 0 saturated carbocycles. The second kappa shape index (κ2) is 5.09. The first kappa shape index (κ1) is 12.7. The Bertz CT molecular complexity index is 273. The lowest BCUT2D eigenvalue weighted by molar-refractivity contribution is -0.138. The lowest BCUT2D eigenvalue weighted by atomic mass is 10.1. The maximum atomic E-state index is 10.7. The molecule has 1 aliphatic rings. The molecule has 1 heterocycles. The van der Waals surface area contributed by atoms with Crippen LogP contribution in [0.15, 0.2) is 0 Å². The SMILES string of the molecule is CC(C1NC(C(=O)O)CS1)C(S)C(=O)O. The summed E-state index contributed by atoms with van der Waals surface area (Å²) in [5, 5.41) is 19.4. The molecule has 0 radical (unpaired) electrons. The van der Waals surface area contributed by atoms with E-state index in [4.69, 9.17) is 10.2 Å². The number of hydrogen-bond donors (Lipinski definition) is 4. The summed E-state index contributed by atoms with van der Waals surface area (Å²) in [6.45, 7) is 1.75. The predicted octanol–water partition coefficient (Wildman–Crippen LogP) is 0.121. The molecule has 0 aromatic carbocycles. The van der Waals surface area contributed by atoms with E-state index in [9.17, 15) is 9.59 Å². The number of rotatable bonds is 4. The third-order valence-electron chi connectivity index (χ3n) is 2.33. The van der Waals surface area contributed by atoms with Crippen molar-refractivity contribution in [2.24, 2.45) is 5.92 Å². The van der Waals surface area contributed by atoms with E-state index < -0.39 is 23.2 Å². The molecule has 3 N–H and O–H groups in total. The van der Waals surface area contributed by atoms with Gasteiger partial charge in [-0.05, 0) is 0 Å². The van der Waals surface area contributed by atoms with Gasteiger partial charge in [0.2, 0.25) is 0 Å². The Morgan fingerprint density at radius 2 is 2.13 bits per heavy atom. The van der Waals surface area contributed by atoms with Crippen LogP contribution in [-0.4, -0.2) is 44.6 Å². The summed E-state index contributed by atoms with van der Waals surface area (Å²) in [6.07, 6.45) is 0. The van der Waals surface area contributed by atoms with Crippen molar-refractivity contribution in [3.63, 3.8) is 0 Å². The number of thiol groups is 1. The van der Waals surface area contributed by atoms with Gasteiger partial charge in [-0.25, -0.2) is 0 Å². The minimum absolute atomic E-state index is 0.162. The first-order chi connectivity index (χ1) is 6.93. The second-order valence-electron chi connectivity index (χ2n) is 3.45. The number of aliphatic carboxylic acids is 2. The highest BCUT2D eigenvalue weighted by atomic mass is 32.2. The molecule has 5 nitrogen and oxygen atoms in total. The van der Waals surface area contributed by atoms with E-state index in [1.807, 2.05) is 0 Å². The third kappa shape index (κ3) is 3.02. The van der Waals surface area contributed by atoms with E-state index in [2.05, 4.69) is 17.9 Å². The molecule has 1 rings (SSSR count). The van der Waals surface area contributed by atoms with Gasteiger partial charge < -0.3 is 10.2 Å². The zero-order chi connectivity index (χ0) is 11.6. The maximum absolute atomic E-state index is 10.7. The monoisotopic (exact) mass is 251 g/mol. The summed E-state index contributed by atoms with van der Waals surface area (Å²) in [4.78, 5) is 21.3. The summed E-state index contributed by atoms with van der Waals surface area (Å²) in [5.74, 6) is -1.64. The van der Waals surface area contributed by atoms with E-state index in [0.29, 0.717) is 5.75 Å². The van der Waals surface area contributed by atoms with Gasteiger partial charge in [-0.3, -0.25) is 14.9 Å². The highest BCUT2D eigenvalue weighted by Gasteiger charge is 2.36. The highest BCUT2D eigenvalue weighted by Crippen LogP contribution is 2.28. The lowest BCUT2D eigenvalue weighted by Crippen LogP contribution is -2.42. The van der Waals surface area contributed by atoms with Gasteiger partial charge in [-0.1, -0.05) is 6.92 Å². The third-order valence-corrected chi connectivity index (χ3v) is 4.48. The van der Waals surface area contributed by atoms with Crippen LogP contribution < -0.4 is 5.32 Å². The van der Waals surface area contributed by atoms with Gasteiger partial charge in [-0.2, -0.15) is 12.6 Å². The Morgan fingerprint density at radius 1 is 1.53 bits per heavy atom. The minimum atomic E-state index is -0.980. The van der Waals surface area contributed by atoms with Crippen LogP contribution in [0.4, 0.5) is 0 Å². The van der Waals surface area contributed by atoms with E-state index in [-0.39, 0.29) is 11.3 Å². The molecule has 4 atom stereocenters. The molecule has 7 heteroatoms. The van der Waals surface area contributed by atoms with Crippen LogP contribution in [0.5, 0.6) is 0 Å². The Labute approximate surface area is 97.0 Å². The van der Waals surface area contributed by atoms with Crippen LogP contribution >= 0.6 is 24.4 Å².